The number of nitrogens with zero attached hydrogens (tertiary/aromatic N) is 1. The summed E-state index contributed by atoms with van der Waals surface area (Å²) in [5, 5.41) is 0. The van der Waals surface area contributed by atoms with Gasteiger partial charge in [-0.05, 0) is 27.7 Å². The topological polar surface area (TPSA) is 9.23 Å². The van der Waals surface area contributed by atoms with Crippen LogP contribution in [0, 0.1) is 0 Å². The third-order valence-electron chi connectivity index (χ3n) is 2.56. The molecule has 0 bridgehead atoms. The summed E-state index contributed by atoms with van der Waals surface area (Å²) in [7, 11) is -8.42. The van der Waals surface area contributed by atoms with Crippen molar-refractivity contribution in [2.45, 2.75) is 33.7 Å². The summed E-state index contributed by atoms with van der Waals surface area (Å²) < 4.78 is 65.6. The van der Waals surface area contributed by atoms with Gasteiger partial charge < -0.3 is 9.22 Å². The second kappa shape index (κ2) is 5.51. The second-order valence-electron chi connectivity index (χ2n) is 4.47. The molecular formula is C9H22F6NOP. The van der Waals surface area contributed by atoms with Crippen LogP contribution in [-0.4, -0.2) is 37.5 Å². The molecule has 0 rings (SSSR count). The molecule has 2 nitrogen and oxygen atoms in total. The van der Waals surface area contributed by atoms with Gasteiger partial charge in [-0.2, -0.15) is 0 Å². The van der Waals surface area contributed by atoms with Gasteiger partial charge in [0.1, 0.15) is 0 Å². The molecule has 0 aliphatic heterocycles. The van der Waals surface area contributed by atoms with Crippen molar-refractivity contribution in [1.82, 2.24) is 0 Å². The zero-order valence-electron chi connectivity index (χ0n) is 11.3. The van der Waals surface area contributed by atoms with E-state index in [1.54, 1.807) is 0 Å². The maximum absolute atomic E-state index is 10.7. The van der Waals surface area contributed by atoms with Gasteiger partial charge in [-0.1, -0.05) is 0 Å². The van der Waals surface area contributed by atoms with Crippen LogP contribution in [0.3, 0.4) is 0 Å². The minimum absolute atomic E-state index is 0.645. The first-order chi connectivity index (χ1) is 7.51. The van der Waals surface area contributed by atoms with E-state index in [1.165, 1.54) is 0 Å². The summed E-state index contributed by atoms with van der Waals surface area (Å²) in [6, 6.07) is 0.645. The molecule has 0 spiro atoms. The maximum atomic E-state index is 9.87. The Morgan fingerprint density at radius 3 is 1.50 bits per heavy atom. The van der Waals surface area contributed by atoms with E-state index in [0.29, 0.717) is 6.04 Å². The summed E-state index contributed by atoms with van der Waals surface area (Å²) >= 11 is 0. The molecule has 0 saturated heterocycles. The molecule has 0 aliphatic carbocycles. The monoisotopic (exact) mass is 305 g/mol. The van der Waals surface area contributed by atoms with E-state index >= 15 is 0 Å². The van der Waals surface area contributed by atoms with Crippen LogP contribution in [0.2, 0.25) is 0 Å². The standard InChI is InChI=1S/C9H22NO.F6P/c1-6-10(5,9(3)4)8-11-7-2;1-7(2,3,4,5)6/h9H,6-8H2,1-5H3;/q+1;-1. The van der Waals surface area contributed by atoms with Gasteiger partial charge in [0.05, 0.1) is 19.6 Å². The van der Waals surface area contributed by atoms with Crippen LogP contribution in [0.25, 0.3) is 0 Å². The van der Waals surface area contributed by atoms with E-state index in [2.05, 4.69) is 27.8 Å². The Kier molecular flexibility index (Phi) is 6.20. The summed E-state index contributed by atoms with van der Waals surface area (Å²) in [5.41, 5.74) is 0. The van der Waals surface area contributed by atoms with Gasteiger partial charge in [0.2, 0.25) is 0 Å². The van der Waals surface area contributed by atoms with Crippen LogP contribution in [0.1, 0.15) is 27.7 Å². The van der Waals surface area contributed by atoms with Crippen molar-refractivity contribution in [3.8, 4) is 0 Å². The number of rotatable bonds is 5. The van der Waals surface area contributed by atoms with Gasteiger partial charge in [0, 0.05) is 6.61 Å². The molecule has 0 heterocycles. The number of hydrogen-bond acceptors (Lipinski definition) is 1. The first-order valence-corrected chi connectivity index (χ1v) is 7.53. The zero-order valence-corrected chi connectivity index (χ0v) is 12.2. The van der Waals surface area contributed by atoms with Crippen molar-refractivity contribution in [1.29, 1.82) is 0 Å². The van der Waals surface area contributed by atoms with Gasteiger partial charge in [-0.15, -0.1) is 0 Å². The summed E-state index contributed by atoms with van der Waals surface area (Å²) in [6.45, 7) is 11.5. The van der Waals surface area contributed by atoms with E-state index < -0.39 is 7.81 Å². The van der Waals surface area contributed by atoms with Crippen LogP contribution in [-0.2, 0) is 4.74 Å². The molecule has 1 unspecified atom stereocenters. The van der Waals surface area contributed by atoms with Crippen molar-refractivity contribution in [2.75, 3.05) is 26.9 Å². The van der Waals surface area contributed by atoms with E-state index in [-0.39, 0.29) is 0 Å². The fraction of sp³-hybridized carbons (Fsp3) is 1.00. The molecule has 9 heteroatoms. The fourth-order valence-corrected chi connectivity index (χ4v) is 0.905. The predicted octanol–water partition coefficient (Wildman–Crippen LogP) is 5.24. The molecule has 0 aromatic carbocycles. The second-order valence-corrected chi connectivity index (χ2v) is 6.39. The zero-order chi connectivity index (χ0) is 15.3. The molecule has 116 valence electrons. The molecule has 0 aromatic rings. The third kappa shape index (κ3) is 18.3. The molecule has 0 amide bonds. The number of quaternary nitrogens is 1. The van der Waals surface area contributed by atoms with Crippen molar-refractivity contribution in [2.24, 2.45) is 0 Å². The average Bonchev–Trinajstić information content (AvgIpc) is 2.08. The van der Waals surface area contributed by atoms with Crippen molar-refractivity contribution >= 4 is 7.81 Å². The Hall–Kier alpha value is -0.0700. The minimum atomic E-state index is -10.7. The summed E-state index contributed by atoms with van der Waals surface area (Å²) in [5.74, 6) is 0. The van der Waals surface area contributed by atoms with Gasteiger partial charge in [-0.25, -0.2) is 0 Å². The Balaban J connectivity index is 0. The predicted molar refractivity (Wildman–Crippen MR) is 61.9 cm³/mol. The molecular weight excluding hydrogens is 283 g/mol. The molecule has 0 aliphatic rings. The van der Waals surface area contributed by atoms with Gasteiger partial charge in [-0.3, -0.25) is 0 Å². The van der Waals surface area contributed by atoms with E-state index in [9.17, 15) is 25.2 Å². The first-order valence-electron chi connectivity index (χ1n) is 5.50. The number of halogens is 6. The molecule has 0 radical (unpaired) electrons. The third-order valence-corrected chi connectivity index (χ3v) is 2.56. The van der Waals surface area contributed by atoms with Crippen LogP contribution < -0.4 is 0 Å². The van der Waals surface area contributed by atoms with Crippen molar-refractivity contribution < 1.29 is 34.4 Å². The first kappa shape index (κ1) is 20.3. The van der Waals surface area contributed by atoms with Crippen LogP contribution in [0.4, 0.5) is 25.2 Å². The van der Waals surface area contributed by atoms with Crippen molar-refractivity contribution in [3.05, 3.63) is 0 Å². The summed E-state index contributed by atoms with van der Waals surface area (Å²) in [4.78, 5) is 0. The van der Waals surface area contributed by atoms with Crippen molar-refractivity contribution in [3.63, 3.8) is 0 Å². The van der Waals surface area contributed by atoms with Gasteiger partial charge in [0.15, 0.2) is 6.73 Å². The Morgan fingerprint density at radius 1 is 1.00 bits per heavy atom. The Labute approximate surface area is 104 Å². The average molecular weight is 305 g/mol. The van der Waals surface area contributed by atoms with E-state index in [0.717, 1.165) is 24.4 Å². The molecule has 0 fully saturated rings. The molecule has 0 saturated carbocycles. The van der Waals surface area contributed by atoms with Crippen LogP contribution >= 0.6 is 7.81 Å². The molecule has 0 aromatic heterocycles. The van der Waals surface area contributed by atoms with E-state index in [1.807, 2.05) is 6.92 Å². The quantitative estimate of drug-likeness (QED) is 0.292. The normalized spacial score (nSPS) is 19.3. The van der Waals surface area contributed by atoms with Gasteiger partial charge in [0.25, 0.3) is 0 Å². The van der Waals surface area contributed by atoms with Gasteiger partial charge >= 0.3 is 33.0 Å². The number of ether oxygens (including phenoxy) is 1. The number of hydrogen-bond donors (Lipinski definition) is 0. The van der Waals surface area contributed by atoms with Crippen LogP contribution in [0.5, 0.6) is 0 Å². The fourth-order valence-electron chi connectivity index (χ4n) is 0.905. The molecule has 0 N–H and O–H groups in total. The summed E-state index contributed by atoms with van der Waals surface area (Å²) in [6.07, 6.45) is 0. The Bertz CT molecular complexity index is 240. The molecule has 1 atom stereocenters. The van der Waals surface area contributed by atoms with Crippen LogP contribution in [0.15, 0.2) is 0 Å². The SMILES string of the molecule is CCOC[N+](C)(CC)C(C)C.F[P-](F)(F)(F)(F)F. The Morgan fingerprint density at radius 2 is 1.33 bits per heavy atom. The molecule has 18 heavy (non-hydrogen) atoms. The van der Waals surface area contributed by atoms with E-state index in [4.69, 9.17) is 4.74 Å².